The van der Waals surface area contributed by atoms with Crippen LogP contribution in [0.5, 0.6) is 0 Å². The molecule has 0 aromatic carbocycles. The summed E-state index contributed by atoms with van der Waals surface area (Å²) in [6.07, 6.45) is 0. The molecule has 2 amide bonds. The zero-order valence-corrected chi connectivity index (χ0v) is 13.2. The van der Waals surface area contributed by atoms with E-state index in [1.807, 2.05) is 19.9 Å². The van der Waals surface area contributed by atoms with Gasteiger partial charge in [0, 0.05) is 5.69 Å². The predicted molar refractivity (Wildman–Crippen MR) is 82.8 cm³/mol. The molecule has 0 aliphatic carbocycles. The summed E-state index contributed by atoms with van der Waals surface area (Å²) in [6.45, 7) is 5.42. The summed E-state index contributed by atoms with van der Waals surface area (Å²) in [6, 6.07) is 4.28. The van der Waals surface area contributed by atoms with Crippen LogP contribution in [0.4, 0.5) is 5.69 Å². The maximum absolute atomic E-state index is 12.3. The van der Waals surface area contributed by atoms with E-state index in [0.717, 1.165) is 11.4 Å². The quantitative estimate of drug-likeness (QED) is 0.839. The number of hydrogen-bond acceptors (Lipinski definition) is 4. The number of aryl methyl sites for hydroxylation is 2. The number of amides is 2. The monoisotopic (exact) mass is 321 g/mol. The van der Waals surface area contributed by atoms with Crippen LogP contribution in [-0.2, 0) is 4.79 Å². The molecule has 0 saturated heterocycles. The highest BCUT2D eigenvalue weighted by Gasteiger charge is 2.20. The lowest BCUT2D eigenvalue weighted by Crippen LogP contribution is -2.27. The van der Waals surface area contributed by atoms with Gasteiger partial charge < -0.3 is 11.1 Å². The topological polar surface area (TPSA) is 103 Å². The SMILES string of the molecule is Cc1cc(C)n(C(C)C(=O)Nc2ccc(Cl)nc2C(N)=O)n1. The molecule has 3 N–H and O–H groups in total. The van der Waals surface area contributed by atoms with Gasteiger partial charge in [-0.25, -0.2) is 4.98 Å². The molecule has 2 aromatic rings. The highest BCUT2D eigenvalue weighted by molar-refractivity contribution is 6.29. The number of nitrogens with two attached hydrogens (primary N) is 1. The van der Waals surface area contributed by atoms with Crippen molar-refractivity contribution >= 4 is 29.1 Å². The number of pyridine rings is 1. The van der Waals surface area contributed by atoms with Crippen LogP contribution in [0.1, 0.15) is 34.8 Å². The van der Waals surface area contributed by atoms with Crippen molar-refractivity contribution in [1.82, 2.24) is 14.8 Å². The summed E-state index contributed by atoms with van der Waals surface area (Å²) < 4.78 is 1.61. The van der Waals surface area contributed by atoms with E-state index in [1.165, 1.54) is 12.1 Å². The Kier molecular flexibility index (Phi) is 4.46. The normalized spacial score (nSPS) is 12.0. The molecule has 1 atom stereocenters. The van der Waals surface area contributed by atoms with E-state index in [9.17, 15) is 9.59 Å². The van der Waals surface area contributed by atoms with Gasteiger partial charge in [-0.05, 0) is 39.0 Å². The van der Waals surface area contributed by atoms with Crippen molar-refractivity contribution in [2.24, 2.45) is 5.73 Å². The molecule has 0 aliphatic heterocycles. The number of nitrogens with one attached hydrogen (secondary N) is 1. The Hall–Kier alpha value is -2.41. The molecular weight excluding hydrogens is 306 g/mol. The first-order valence-electron chi connectivity index (χ1n) is 6.59. The van der Waals surface area contributed by atoms with Crippen LogP contribution in [0.25, 0.3) is 0 Å². The Bertz CT molecular complexity index is 741. The molecule has 2 rings (SSSR count). The van der Waals surface area contributed by atoms with Crippen LogP contribution in [0.2, 0.25) is 5.15 Å². The van der Waals surface area contributed by atoms with E-state index in [4.69, 9.17) is 17.3 Å². The number of halogens is 1. The number of carbonyl (C=O) groups excluding carboxylic acids is 2. The third kappa shape index (κ3) is 3.25. The molecule has 0 spiro atoms. The number of carbonyl (C=O) groups is 2. The first kappa shape index (κ1) is 16.0. The summed E-state index contributed by atoms with van der Waals surface area (Å²) in [4.78, 5) is 27.6. The van der Waals surface area contributed by atoms with Gasteiger partial charge in [0.05, 0.1) is 11.4 Å². The second-order valence-electron chi connectivity index (χ2n) is 4.93. The Morgan fingerprint density at radius 3 is 2.59 bits per heavy atom. The lowest BCUT2D eigenvalue weighted by molar-refractivity contribution is -0.119. The van der Waals surface area contributed by atoms with Gasteiger partial charge in [0.1, 0.15) is 11.2 Å². The Balaban J connectivity index is 2.25. The van der Waals surface area contributed by atoms with E-state index >= 15 is 0 Å². The van der Waals surface area contributed by atoms with Crippen LogP contribution in [0, 0.1) is 13.8 Å². The molecule has 0 aliphatic rings. The zero-order valence-electron chi connectivity index (χ0n) is 12.4. The first-order chi connectivity index (χ1) is 10.3. The molecule has 0 saturated carbocycles. The van der Waals surface area contributed by atoms with Gasteiger partial charge in [-0.3, -0.25) is 14.3 Å². The minimum absolute atomic E-state index is 0.0820. The second-order valence-corrected chi connectivity index (χ2v) is 5.32. The molecule has 0 bridgehead atoms. The van der Waals surface area contributed by atoms with Crippen LogP contribution in [0.3, 0.4) is 0 Å². The fourth-order valence-electron chi connectivity index (χ4n) is 2.11. The predicted octanol–water partition coefficient (Wildman–Crippen LogP) is 1.85. The highest BCUT2D eigenvalue weighted by atomic mass is 35.5. The summed E-state index contributed by atoms with van der Waals surface area (Å²) >= 11 is 5.73. The maximum Gasteiger partial charge on any atom is 0.269 e. The lowest BCUT2D eigenvalue weighted by atomic mass is 10.2. The summed E-state index contributed by atoms with van der Waals surface area (Å²) in [5.74, 6) is -1.10. The van der Waals surface area contributed by atoms with E-state index in [-0.39, 0.29) is 22.4 Å². The molecule has 2 heterocycles. The van der Waals surface area contributed by atoms with Crippen molar-refractivity contribution in [3.05, 3.63) is 40.4 Å². The van der Waals surface area contributed by atoms with Crippen molar-refractivity contribution in [3.63, 3.8) is 0 Å². The van der Waals surface area contributed by atoms with E-state index in [1.54, 1.807) is 11.6 Å². The van der Waals surface area contributed by atoms with Gasteiger partial charge in [0.25, 0.3) is 5.91 Å². The Morgan fingerprint density at radius 2 is 2.05 bits per heavy atom. The summed E-state index contributed by atoms with van der Waals surface area (Å²) in [5.41, 5.74) is 7.07. The molecule has 0 fully saturated rings. The molecule has 8 heteroatoms. The van der Waals surface area contributed by atoms with E-state index in [0.29, 0.717) is 0 Å². The molecule has 7 nitrogen and oxygen atoms in total. The number of anilines is 1. The average Bonchev–Trinajstić information content (AvgIpc) is 2.78. The number of aromatic nitrogens is 3. The number of hydrogen-bond donors (Lipinski definition) is 2. The van der Waals surface area contributed by atoms with Crippen LogP contribution in [-0.4, -0.2) is 26.6 Å². The van der Waals surface area contributed by atoms with E-state index < -0.39 is 11.9 Å². The third-order valence-corrected chi connectivity index (χ3v) is 3.35. The van der Waals surface area contributed by atoms with Gasteiger partial charge in [-0.2, -0.15) is 5.10 Å². The fourth-order valence-corrected chi connectivity index (χ4v) is 2.26. The number of nitrogens with zero attached hydrogens (tertiary/aromatic N) is 3. The van der Waals surface area contributed by atoms with Crippen molar-refractivity contribution in [2.45, 2.75) is 26.8 Å². The molecule has 0 radical (unpaired) electrons. The smallest absolute Gasteiger partial charge is 0.269 e. The minimum Gasteiger partial charge on any atom is -0.364 e. The summed E-state index contributed by atoms with van der Waals surface area (Å²) in [7, 11) is 0. The van der Waals surface area contributed by atoms with Gasteiger partial charge in [-0.15, -0.1) is 0 Å². The average molecular weight is 322 g/mol. The van der Waals surface area contributed by atoms with Crippen LogP contribution < -0.4 is 11.1 Å². The van der Waals surface area contributed by atoms with Crippen molar-refractivity contribution in [2.75, 3.05) is 5.32 Å². The second kappa shape index (κ2) is 6.15. The third-order valence-electron chi connectivity index (χ3n) is 3.14. The van der Waals surface area contributed by atoms with Gasteiger partial charge in [0.2, 0.25) is 5.91 Å². The molecule has 22 heavy (non-hydrogen) atoms. The van der Waals surface area contributed by atoms with Crippen molar-refractivity contribution in [1.29, 1.82) is 0 Å². The Labute approximate surface area is 132 Å². The minimum atomic E-state index is -0.767. The number of primary amides is 1. The maximum atomic E-state index is 12.3. The van der Waals surface area contributed by atoms with Crippen molar-refractivity contribution in [3.8, 4) is 0 Å². The molecular formula is C14H16ClN5O2. The standard InChI is InChI=1S/C14H16ClN5O2/c1-7-6-8(2)20(19-7)9(3)14(22)17-10-4-5-11(15)18-12(10)13(16)21/h4-6,9H,1-3H3,(H2,16,21)(H,17,22). The lowest BCUT2D eigenvalue weighted by Gasteiger charge is -2.15. The highest BCUT2D eigenvalue weighted by Crippen LogP contribution is 2.19. The first-order valence-corrected chi connectivity index (χ1v) is 6.97. The molecule has 1 unspecified atom stereocenters. The van der Waals surface area contributed by atoms with Gasteiger partial charge in [0.15, 0.2) is 5.69 Å². The molecule has 2 aromatic heterocycles. The zero-order chi connectivity index (χ0) is 16.4. The largest absolute Gasteiger partial charge is 0.364 e. The fraction of sp³-hybridized carbons (Fsp3) is 0.286. The Morgan fingerprint density at radius 1 is 1.36 bits per heavy atom. The van der Waals surface area contributed by atoms with E-state index in [2.05, 4.69) is 15.4 Å². The van der Waals surface area contributed by atoms with Gasteiger partial charge in [-0.1, -0.05) is 11.6 Å². The van der Waals surface area contributed by atoms with Crippen molar-refractivity contribution < 1.29 is 9.59 Å². The van der Waals surface area contributed by atoms with Crippen LogP contribution >= 0.6 is 11.6 Å². The van der Waals surface area contributed by atoms with Crippen LogP contribution in [0.15, 0.2) is 18.2 Å². The summed E-state index contributed by atoms with van der Waals surface area (Å²) in [5, 5.41) is 7.03. The van der Waals surface area contributed by atoms with Gasteiger partial charge >= 0.3 is 0 Å². The molecule has 116 valence electrons. The number of rotatable bonds is 4.